The molecule has 1 atom stereocenters. The Bertz CT molecular complexity index is 1020. The minimum Gasteiger partial charge on any atom is -0.465 e. The van der Waals surface area contributed by atoms with Gasteiger partial charge in [0.2, 0.25) is 5.88 Å². The number of hydrogen-bond donors (Lipinski definition) is 0. The minimum atomic E-state index is -4.40. The van der Waals surface area contributed by atoms with Gasteiger partial charge in [-0.3, -0.25) is 4.79 Å². The van der Waals surface area contributed by atoms with Crippen molar-refractivity contribution in [2.24, 2.45) is 11.8 Å². The van der Waals surface area contributed by atoms with Crippen molar-refractivity contribution in [3.63, 3.8) is 0 Å². The maximum atomic E-state index is 12.8. The Balaban J connectivity index is 1.17. The normalized spacial score (nSPS) is 22.0. The van der Waals surface area contributed by atoms with Crippen molar-refractivity contribution in [2.75, 3.05) is 19.6 Å². The summed E-state index contributed by atoms with van der Waals surface area (Å²) in [6, 6.07) is 3.41. The van der Waals surface area contributed by atoms with E-state index < -0.39 is 12.3 Å². The average Bonchev–Trinajstić information content (AvgIpc) is 3.12. The zero-order chi connectivity index (χ0) is 25.7. The number of alkyl halides is 3. The first-order chi connectivity index (χ1) is 17.2. The highest BCUT2D eigenvalue weighted by Gasteiger charge is 2.38. The number of nitrogens with zero attached hydrogens (tertiary/aromatic N) is 4. The maximum Gasteiger partial charge on any atom is 0.425 e. The number of hydrogen-bond acceptors (Lipinski definition) is 7. The minimum absolute atomic E-state index is 0.0423. The summed E-state index contributed by atoms with van der Waals surface area (Å²) in [7, 11) is 0. The molecule has 198 valence electrons. The predicted octanol–water partition coefficient (Wildman–Crippen LogP) is 5.37. The lowest BCUT2D eigenvalue weighted by molar-refractivity contribution is -0.190. The molecule has 3 heterocycles. The molecule has 0 saturated heterocycles. The van der Waals surface area contributed by atoms with Crippen molar-refractivity contribution >= 4 is 17.1 Å². The standard InChI is InChI=1S/C26H35F3N4O2S/c1-17(26(27,28)29)35-24-8-7-21-10-13-33(14-11-23(21)30-24)12-9-19-3-5-20(6-4-19)15-22(34)16-25-32-31-18(2)36-25/h7-8,17,19-20H,3-6,9-16H2,1-2H3/t17-,19?,20?/m1/s1. The largest absolute Gasteiger partial charge is 0.465 e. The number of halogens is 3. The third kappa shape index (κ3) is 7.71. The molecule has 2 aromatic heterocycles. The summed E-state index contributed by atoms with van der Waals surface area (Å²) >= 11 is 1.50. The third-order valence-corrected chi connectivity index (χ3v) is 8.25. The lowest BCUT2D eigenvalue weighted by Gasteiger charge is -2.30. The maximum absolute atomic E-state index is 12.8. The Labute approximate surface area is 214 Å². The van der Waals surface area contributed by atoms with Crippen LogP contribution in [0.1, 0.15) is 66.7 Å². The molecule has 1 saturated carbocycles. The number of fused-ring (bicyclic) bond motifs is 1. The number of rotatable bonds is 9. The Kier molecular flexibility index (Phi) is 8.98. The molecule has 36 heavy (non-hydrogen) atoms. The van der Waals surface area contributed by atoms with Crippen LogP contribution in [-0.2, 0) is 24.1 Å². The first-order valence-corrected chi connectivity index (χ1v) is 13.7. The highest BCUT2D eigenvalue weighted by molar-refractivity contribution is 7.11. The summed E-state index contributed by atoms with van der Waals surface area (Å²) < 4.78 is 43.5. The van der Waals surface area contributed by atoms with Gasteiger partial charge in [0, 0.05) is 37.7 Å². The molecule has 2 aromatic rings. The van der Waals surface area contributed by atoms with E-state index in [2.05, 4.69) is 20.1 Å². The number of ketones is 1. The molecule has 4 rings (SSSR count). The van der Waals surface area contributed by atoms with E-state index in [1.54, 1.807) is 6.07 Å². The quantitative estimate of drug-likeness (QED) is 0.439. The fraction of sp³-hybridized carbons (Fsp3) is 0.692. The van der Waals surface area contributed by atoms with E-state index in [4.69, 9.17) is 4.74 Å². The molecule has 0 spiro atoms. The van der Waals surface area contributed by atoms with Crippen molar-refractivity contribution in [1.29, 1.82) is 0 Å². The van der Waals surface area contributed by atoms with Crippen molar-refractivity contribution in [2.45, 2.75) is 83.9 Å². The van der Waals surface area contributed by atoms with Crippen LogP contribution in [0.15, 0.2) is 12.1 Å². The second-order valence-corrected chi connectivity index (χ2v) is 11.5. The number of carbonyl (C=O) groups is 1. The van der Waals surface area contributed by atoms with Gasteiger partial charge in [0.25, 0.3) is 0 Å². The van der Waals surface area contributed by atoms with E-state index >= 15 is 0 Å². The van der Waals surface area contributed by atoms with E-state index in [-0.39, 0.29) is 11.7 Å². The van der Waals surface area contributed by atoms with E-state index in [0.717, 1.165) is 79.9 Å². The van der Waals surface area contributed by atoms with Gasteiger partial charge in [0.05, 0.1) is 6.42 Å². The second kappa shape index (κ2) is 12.0. The van der Waals surface area contributed by atoms with Gasteiger partial charge >= 0.3 is 6.18 Å². The highest BCUT2D eigenvalue weighted by atomic mass is 32.1. The topological polar surface area (TPSA) is 68.2 Å². The fourth-order valence-corrected chi connectivity index (χ4v) is 5.94. The monoisotopic (exact) mass is 524 g/mol. The fourth-order valence-electron chi connectivity index (χ4n) is 5.21. The summed E-state index contributed by atoms with van der Waals surface area (Å²) in [5.74, 6) is 1.49. The second-order valence-electron chi connectivity index (χ2n) is 10.2. The van der Waals surface area contributed by atoms with Gasteiger partial charge in [-0.2, -0.15) is 13.2 Å². The van der Waals surface area contributed by atoms with Crippen LogP contribution in [0.2, 0.25) is 0 Å². The molecule has 0 unspecified atom stereocenters. The van der Waals surface area contributed by atoms with Crippen LogP contribution in [0.3, 0.4) is 0 Å². The molecular weight excluding hydrogens is 489 g/mol. The predicted molar refractivity (Wildman–Crippen MR) is 132 cm³/mol. The Morgan fingerprint density at radius 3 is 2.56 bits per heavy atom. The summed E-state index contributed by atoms with van der Waals surface area (Å²) in [5, 5.41) is 9.78. The van der Waals surface area contributed by atoms with Gasteiger partial charge in [-0.05, 0) is 63.5 Å². The van der Waals surface area contributed by atoms with E-state index in [9.17, 15) is 18.0 Å². The molecule has 0 amide bonds. The average molecular weight is 525 g/mol. The van der Waals surface area contributed by atoms with Gasteiger partial charge in [0.15, 0.2) is 6.10 Å². The van der Waals surface area contributed by atoms with Crippen molar-refractivity contribution in [3.05, 3.63) is 33.4 Å². The SMILES string of the molecule is Cc1nnc(CC(=O)CC2CCC(CCN3CCc4ccc(O[C@H](C)C(F)(F)F)nc4CC3)CC2)s1. The van der Waals surface area contributed by atoms with Crippen LogP contribution in [0, 0.1) is 18.8 Å². The Morgan fingerprint density at radius 1 is 1.14 bits per heavy atom. The zero-order valence-electron chi connectivity index (χ0n) is 21.0. The van der Waals surface area contributed by atoms with Gasteiger partial charge in [0.1, 0.15) is 15.8 Å². The van der Waals surface area contributed by atoms with Crippen molar-refractivity contribution in [1.82, 2.24) is 20.1 Å². The number of carbonyl (C=O) groups excluding carboxylic acids is 1. The van der Waals surface area contributed by atoms with Crippen LogP contribution < -0.4 is 4.74 Å². The molecule has 1 fully saturated rings. The lowest BCUT2D eigenvalue weighted by atomic mass is 9.78. The van der Waals surface area contributed by atoms with Crippen LogP contribution >= 0.6 is 11.3 Å². The summed E-state index contributed by atoms with van der Waals surface area (Å²) in [6.07, 6.45) is 2.05. The van der Waals surface area contributed by atoms with Crippen molar-refractivity contribution < 1.29 is 22.7 Å². The lowest BCUT2D eigenvalue weighted by Crippen LogP contribution is -2.31. The Morgan fingerprint density at radius 2 is 1.86 bits per heavy atom. The summed E-state index contributed by atoms with van der Waals surface area (Å²) in [4.78, 5) is 19.2. The van der Waals surface area contributed by atoms with Gasteiger partial charge in [-0.25, -0.2) is 4.98 Å². The smallest absolute Gasteiger partial charge is 0.425 e. The third-order valence-electron chi connectivity index (χ3n) is 7.42. The molecule has 0 radical (unpaired) electrons. The highest BCUT2D eigenvalue weighted by Crippen LogP contribution is 2.33. The van der Waals surface area contributed by atoms with Gasteiger partial charge in [-0.1, -0.05) is 18.9 Å². The van der Waals surface area contributed by atoms with E-state index in [1.165, 1.54) is 24.2 Å². The molecule has 0 aromatic carbocycles. The molecule has 6 nitrogen and oxygen atoms in total. The van der Waals surface area contributed by atoms with Crippen LogP contribution in [0.25, 0.3) is 0 Å². The molecule has 1 aliphatic carbocycles. The Hall–Kier alpha value is -2.07. The number of pyridine rings is 1. The number of Topliss-reactive ketones (excluding diaryl/α,β-unsaturated/α-hetero) is 1. The molecule has 10 heteroatoms. The number of aromatic nitrogens is 3. The zero-order valence-corrected chi connectivity index (χ0v) is 21.8. The van der Waals surface area contributed by atoms with Crippen LogP contribution in [0.4, 0.5) is 13.2 Å². The first-order valence-electron chi connectivity index (χ1n) is 12.9. The van der Waals surface area contributed by atoms with Crippen molar-refractivity contribution in [3.8, 4) is 5.88 Å². The number of ether oxygens (including phenoxy) is 1. The van der Waals surface area contributed by atoms with E-state index in [1.807, 2.05) is 13.0 Å². The summed E-state index contributed by atoms with van der Waals surface area (Å²) in [6.45, 7) is 5.72. The number of aryl methyl sites for hydroxylation is 1. The van der Waals surface area contributed by atoms with E-state index in [0.29, 0.717) is 24.7 Å². The molecule has 0 bridgehead atoms. The molecule has 2 aliphatic rings. The first kappa shape index (κ1) is 27.0. The van der Waals surface area contributed by atoms with Crippen LogP contribution in [0.5, 0.6) is 5.88 Å². The molecule has 0 N–H and O–H groups in total. The molecule has 1 aliphatic heterocycles. The van der Waals surface area contributed by atoms with Gasteiger partial charge in [-0.15, -0.1) is 21.5 Å². The molecular formula is C26H35F3N4O2S. The summed E-state index contributed by atoms with van der Waals surface area (Å²) in [5.41, 5.74) is 1.94. The van der Waals surface area contributed by atoms with Gasteiger partial charge < -0.3 is 9.64 Å². The van der Waals surface area contributed by atoms with Crippen LogP contribution in [-0.4, -0.2) is 57.8 Å².